The molecule has 2 aromatic rings. The van der Waals surface area contributed by atoms with E-state index in [2.05, 4.69) is 32.1 Å². The molecular weight excluding hydrogens is 282 g/mol. The van der Waals surface area contributed by atoms with Crippen LogP contribution in [0, 0.1) is 20.8 Å². The van der Waals surface area contributed by atoms with Crippen molar-refractivity contribution in [3.05, 3.63) is 28.7 Å². The zero-order valence-corrected chi connectivity index (χ0v) is 13.7. The van der Waals surface area contributed by atoms with Crippen molar-refractivity contribution in [2.75, 3.05) is 20.1 Å². The van der Waals surface area contributed by atoms with Crippen LogP contribution < -0.4 is 0 Å². The highest BCUT2D eigenvalue weighted by atomic mass is 16.5. The predicted molar refractivity (Wildman–Crippen MR) is 80.2 cm³/mol. The van der Waals surface area contributed by atoms with Gasteiger partial charge in [0.1, 0.15) is 5.76 Å². The Morgan fingerprint density at radius 1 is 1.23 bits per heavy atom. The lowest BCUT2D eigenvalue weighted by Gasteiger charge is -2.23. The Hall–Kier alpha value is -1.73. The number of nitrogens with zero attached hydrogens (tertiary/aromatic N) is 5. The molecule has 1 fully saturated rings. The van der Waals surface area contributed by atoms with Crippen molar-refractivity contribution in [2.24, 2.45) is 0 Å². The number of likely N-dealkylation sites (tertiary alicyclic amines) is 1. The summed E-state index contributed by atoms with van der Waals surface area (Å²) in [6.45, 7) is 9.56. The van der Waals surface area contributed by atoms with Gasteiger partial charge in [-0.1, -0.05) is 10.3 Å². The monoisotopic (exact) mass is 305 g/mol. The van der Waals surface area contributed by atoms with Gasteiger partial charge in [-0.25, -0.2) is 0 Å². The van der Waals surface area contributed by atoms with E-state index in [0.29, 0.717) is 11.9 Å². The van der Waals surface area contributed by atoms with Crippen LogP contribution in [0.2, 0.25) is 0 Å². The van der Waals surface area contributed by atoms with Crippen molar-refractivity contribution in [1.29, 1.82) is 0 Å². The summed E-state index contributed by atoms with van der Waals surface area (Å²) in [7, 11) is 2.12. The minimum absolute atomic E-state index is 0.513. The van der Waals surface area contributed by atoms with Gasteiger partial charge in [0.15, 0.2) is 5.82 Å². The number of aryl methyl sites for hydroxylation is 3. The average Bonchev–Trinajstić information content (AvgIpc) is 3.17. The van der Waals surface area contributed by atoms with E-state index in [1.165, 1.54) is 5.56 Å². The summed E-state index contributed by atoms with van der Waals surface area (Å²) in [4.78, 5) is 9.03. The molecule has 0 amide bonds. The summed E-state index contributed by atoms with van der Waals surface area (Å²) in [5.74, 6) is 2.30. The zero-order chi connectivity index (χ0) is 15.7. The first-order valence-corrected chi connectivity index (χ1v) is 7.66. The van der Waals surface area contributed by atoms with Gasteiger partial charge in [-0.05, 0) is 27.3 Å². The first-order valence-electron chi connectivity index (χ1n) is 7.66. The Morgan fingerprint density at radius 3 is 2.68 bits per heavy atom. The molecular formula is C15H23N5O2. The largest absolute Gasteiger partial charge is 0.361 e. The highest BCUT2D eigenvalue weighted by Crippen LogP contribution is 2.21. The van der Waals surface area contributed by atoms with Gasteiger partial charge in [0.25, 0.3) is 0 Å². The van der Waals surface area contributed by atoms with Gasteiger partial charge in [0, 0.05) is 38.2 Å². The van der Waals surface area contributed by atoms with Gasteiger partial charge in [0.05, 0.1) is 12.2 Å². The van der Waals surface area contributed by atoms with E-state index < -0.39 is 0 Å². The standard InChI is InChI=1S/C15H23N5O2/c1-10-14(11(2)21-17-10)8-20-6-5-13(7-20)19(4)9-15-16-12(3)22-18-15/h13H,5-9H2,1-4H3/t13-/m0/s1. The fourth-order valence-electron chi connectivity index (χ4n) is 3.02. The van der Waals surface area contributed by atoms with Crippen LogP contribution in [0.4, 0.5) is 0 Å². The third-order valence-electron chi connectivity index (χ3n) is 4.39. The van der Waals surface area contributed by atoms with Crippen molar-refractivity contribution in [1.82, 2.24) is 25.1 Å². The molecule has 1 saturated heterocycles. The minimum atomic E-state index is 0.513. The summed E-state index contributed by atoms with van der Waals surface area (Å²) in [6, 6.07) is 0.513. The molecule has 7 heteroatoms. The SMILES string of the molecule is Cc1nc(CN(C)[C@H]2CCN(Cc3c(C)noc3C)C2)no1. The van der Waals surface area contributed by atoms with Crippen molar-refractivity contribution >= 4 is 0 Å². The molecule has 0 aromatic carbocycles. The van der Waals surface area contributed by atoms with Gasteiger partial charge in [-0.2, -0.15) is 4.98 Å². The van der Waals surface area contributed by atoms with E-state index in [1.807, 2.05) is 20.8 Å². The topological polar surface area (TPSA) is 71.4 Å². The van der Waals surface area contributed by atoms with E-state index in [0.717, 1.165) is 49.9 Å². The summed E-state index contributed by atoms with van der Waals surface area (Å²) in [5, 5.41) is 8.00. The molecule has 0 aliphatic carbocycles. The van der Waals surface area contributed by atoms with Crippen LogP contribution in [0.15, 0.2) is 9.05 Å². The van der Waals surface area contributed by atoms with E-state index in [9.17, 15) is 0 Å². The van der Waals surface area contributed by atoms with Crippen LogP contribution in [0.25, 0.3) is 0 Å². The maximum absolute atomic E-state index is 5.25. The molecule has 2 aromatic heterocycles. The molecule has 22 heavy (non-hydrogen) atoms. The Labute approximate surface area is 130 Å². The van der Waals surface area contributed by atoms with Crippen LogP contribution in [-0.2, 0) is 13.1 Å². The summed E-state index contributed by atoms with van der Waals surface area (Å²) < 4.78 is 10.3. The van der Waals surface area contributed by atoms with Crippen LogP contribution in [0.3, 0.4) is 0 Å². The zero-order valence-electron chi connectivity index (χ0n) is 13.7. The van der Waals surface area contributed by atoms with Crippen LogP contribution in [0.5, 0.6) is 0 Å². The summed E-state index contributed by atoms with van der Waals surface area (Å²) >= 11 is 0. The second-order valence-corrected chi connectivity index (χ2v) is 6.13. The Kier molecular flexibility index (Phi) is 4.26. The third kappa shape index (κ3) is 3.20. The number of likely N-dealkylation sites (N-methyl/N-ethyl adjacent to an activating group) is 1. The van der Waals surface area contributed by atoms with Gasteiger partial charge >= 0.3 is 0 Å². The average molecular weight is 305 g/mol. The van der Waals surface area contributed by atoms with Crippen molar-refractivity contribution in [3.63, 3.8) is 0 Å². The third-order valence-corrected chi connectivity index (χ3v) is 4.39. The molecule has 1 atom stereocenters. The molecule has 0 N–H and O–H groups in total. The molecule has 7 nitrogen and oxygen atoms in total. The van der Waals surface area contributed by atoms with E-state index >= 15 is 0 Å². The quantitative estimate of drug-likeness (QED) is 0.832. The fraction of sp³-hybridized carbons (Fsp3) is 0.667. The van der Waals surface area contributed by atoms with E-state index in [-0.39, 0.29) is 0 Å². The summed E-state index contributed by atoms with van der Waals surface area (Å²) in [6.07, 6.45) is 1.15. The van der Waals surface area contributed by atoms with Crippen LogP contribution in [-0.4, -0.2) is 51.3 Å². The Morgan fingerprint density at radius 2 is 2.05 bits per heavy atom. The minimum Gasteiger partial charge on any atom is -0.361 e. The predicted octanol–water partition coefficient (Wildman–Crippen LogP) is 1.69. The van der Waals surface area contributed by atoms with Crippen molar-refractivity contribution in [2.45, 2.75) is 46.3 Å². The highest BCUT2D eigenvalue weighted by molar-refractivity contribution is 5.20. The molecule has 3 rings (SSSR count). The number of rotatable bonds is 5. The number of hydrogen-bond donors (Lipinski definition) is 0. The maximum Gasteiger partial charge on any atom is 0.223 e. The van der Waals surface area contributed by atoms with Gasteiger partial charge in [0.2, 0.25) is 5.89 Å². The van der Waals surface area contributed by atoms with E-state index in [1.54, 1.807) is 0 Å². The lowest BCUT2D eigenvalue weighted by atomic mass is 10.2. The number of aromatic nitrogens is 3. The molecule has 120 valence electrons. The molecule has 0 radical (unpaired) electrons. The lowest BCUT2D eigenvalue weighted by Crippen LogP contribution is -2.34. The first kappa shape index (κ1) is 15.2. The maximum atomic E-state index is 5.25. The van der Waals surface area contributed by atoms with Gasteiger partial charge in [-0.15, -0.1) is 0 Å². The molecule has 1 aliphatic rings. The molecule has 0 saturated carbocycles. The van der Waals surface area contributed by atoms with Gasteiger partial charge < -0.3 is 9.05 Å². The molecule has 0 bridgehead atoms. The van der Waals surface area contributed by atoms with Crippen molar-refractivity contribution < 1.29 is 9.05 Å². The molecule has 0 spiro atoms. The normalized spacial score (nSPS) is 19.4. The first-order chi connectivity index (χ1) is 10.5. The molecule has 0 unspecified atom stereocenters. The van der Waals surface area contributed by atoms with Crippen LogP contribution >= 0.6 is 0 Å². The number of hydrogen-bond acceptors (Lipinski definition) is 7. The van der Waals surface area contributed by atoms with E-state index in [4.69, 9.17) is 9.05 Å². The Balaban J connectivity index is 1.55. The molecule has 1 aliphatic heterocycles. The highest BCUT2D eigenvalue weighted by Gasteiger charge is 2.27. The van der Waals surface area contributed by atoms with Crippen molar-refractivity contribution in [3.8, 4) is 0 Å². The summed E-state index contributed by atoms with van der Waals surface area (Å²) in [5.41, 5.74) is 2.22. The lowest BCUT2D eigenvalue weighted by molar-refractivity contribution is 0.215. The second kappa shape index (κ2) is 6.18. The smallest absolute Gasteiger partial charge is 0.223 e. The van der Waals surface area contributed by atoms with Gasteiger partial charge in [-0.3, -0.25) is 9.80 Å². The second-order valence-electron chi connectivity index (χ2n) is 6.13. The van der Waals surface area contributed by atoms with Crippen LogP contribution in [0.1, 0.15) is 35.2 Å². The molecule has 3 heterocycles. The Bertz CT molecular complexity index is 616. The fourth-order valence-corrected chi connectivity index (χ4v) is 3.02.